The molecule has 0 saturated carbocycles. The number of ether oxygens (including phenoxy) is 2. The zero-order chi connectivity index (χ0) is 20.1. The number of amides is 1. The Morgan fingerprint density at radius 3 is 2.96 bits per heavy atom. The highest BCUT2D eigenvalue weighted by atomic mass is 19.1. The molecule has 0 spiro atoms. The minimum atomic E-state index is -0.405. The van der Waals surface area contributed by atoms with Crippen LogP contribution in [0.2, 0.25) is 0 Å². The first-order chi connectivity index (χ1) is 13.5. The number of benzene rings is 1. The minimum Gasteiger partial charge on any atom is -0.490 e. The Balaban J connectivity index is 1.99. The van der Waals surface area contributed by atoms with Crippen molar-refractivity contribution in [2.24, 2.45) is 10.7 Å². The van der Waals surface area contributed by atoms with Gasteiger partial charge in [0.05, 0.1) is 12.2 Å². The number of nitrogens with two attached hydrogens (primary N) is 1. The molecule has 1 amide bonds. The van der Waals surface area contributed by atoms with Gasteiger partial charge in [0.15, 0.2) is 5.96 Å². The maximum absolute atomic E-state index is 13.6. The van der Waals surface area contributed by atoms with Gasteiger partial charge in [-0.25, -0.2) is 9.38 Å². The molecular weight excluding hydrogens is 363 g/mol. The van der Waals surface area contributed by atoms with Crippen LogP contribution in [-0.2, 0) is 9.53 Å². The minimum absolute atomic E-state index is 0.0859. The fourth-order valence-corrected chi connectivity index (χ4v) is 3.12. The average molecular weight is 386 g/mol. The molecule has 0 bridgehead atoms. The number of pyridine rings is 1. The Morgan fingerprint density at radius 1 is 1.43 bits per heavy atom. The summed E-state index contributed by atoms with van der Waals surface area (Å²) in [5, 5.41) is 0. The van der Waals surface area contributed by atoms with Gasteiger partial charge in [0.2, 0.25) is 6.41 Å². The van der Waals surface area contributed by atoms with Crippen LogP contribution in [-0.4, -0.2) is 49.1 Å². The highest BCUT2D eigenvalue weighted by molar-refractivity contribution is 5.87. The number of hydrogen-bond donors (Lipinski definition) is 1. The summed E-state index contributed by atoms with van der Waals surface area (Å²) in [4.78, 5) is 20.7. The number of aliphatic imine (C=N–C) groups is 1. The van der Waals surface area contributed by atoms with Gasteiger partial charge in [-0.2, -0.15) is 0 Å². The van der Waals surface area contributed by atoms with E-state index in [9.17, 15) is 9.18 Å². The van der Waals surface area contributed by atoms with Crippen molar-refractivity contribution in [3.05, 3.63) is 48.0 Å². The second kappa shape index (κ2) is 8.79. The monoisotopic (exact) mass is 386 g/mol. The van der Waals surface area contributed by atoms with Crippen LogP contribution in [0.3, 0.4) is 0 Å². The van der Waals surface area contributed by atoms with Crippen LogP contribution in [0.15, 0.2) is 41.7 Å². The number of nitrogens with zero attached hydrogens (tertiary/aromatic N) is 3. The van der Waals surface area contributed by atoms with E-state index in [1.807, 2.05) is 18.2 Å². The summed E-state index contributed by atoms with van der Waals surface area (Å²) in [7, 11) is 3.19. The summed E-state index contributed by atoms with van der Waals surface area (Å²) in [6, 6.07) is 6.73. The average Bonchev–Trinajstić information content (AvgIpc) is 2.71. The predicted molar refractivity (Wildman–Crippen MR) is 103 cm³/mol. The van der Waals surface area contributed by atoms with E-state index in [-0.39, 0.29) is 18.1 Å². The molecule has 2 aromatic rings. The third kappa shape index (κ3) is 4.45. The lowest BCUT2D eigenvalue weighted by atomic mass is 9.93. The molecule has 3 rings (SSSR count). The van der Waals surface area contributed by atoms with E-state index in [0.29, 0.717) is 37.2 Å². The summed E-state index contributed by atoms with van der Waals surface area (Å²) >= 11 is 0. The van der Waals surface area contributed by atoms with Crippen molar-refractivity contribution in [3.8, 4) is 16.9 Å². The zero-order valence-corrected chi connectivity index (χ0v) is 15.8. The maximum Gasteiger partial charge on any atom is 0.216 e. The second-order valence-corrected chi connectivity index (χ2v) is 6.62. The summed E-state index contributed by atoms with van der Waals surface area (Å²) < 4.78 is 24.8. The van der Waals surface area contributed by atoms with E-state index >= 15 is 0 Å². The molecule has 1 aliphatic rings. The van der Waals surface area contributed by atoms with Gasteiger partial charge < -0.3 is 15.2 Å². The van der Waals surface area contributed by atoms with E-state index in [1.165, 1.54) is 11.0 Å². The van der Waals surface area contributed by atoms with E-state index in [4.69, 9.17) is 15.2 Å². The van der Waals surface area contributed by atoms with Gasteiger partial charge in [-0.05, 0) is 23.8 Å². The number of carbonyl (C=O) groups is 1. The molecule has 0 unspecified atom stereocenters. The molecule has 7 nitrogen and oxygen atoms in total. The largest absolute Gasteiger partial charge is 0.490 e. The van der Waals surface area contributed by atoms with E-state index in [0.717, 1.165) is 17.3 Å². The van der Waals surface area contributed by atoms with Crippen molar-refractivity contribution in [1.82, 2.24) is 9.88 Å². The number of aromatic nitrogens is 1. The van der Waals surface area contributed by atoms with Gasteiger partial charge in [-0.15, -0.1) is 0 Å². The highest BCUT2D eigenvalue weighted by Gasteiger charge is 2.29. The lowest BCUT2D eigenvalue weighted by Crippen LogP contribution is -2.34. The first-order valence-electron chi connectivity index (χ1n) is 8.93. The number of rotatable bonds is 6. The van der Waals surface area contributed by atoms with Crippen molar-refractivity contribution in [1.29, 1.82) is 0 Å². The summed E-state index contributed by atoms with van der Waals surface area (Å²) in [6.45, 7) is 0.563. The van der Waals surface area contributed by atoms with Crippen LogP contribution in [0.4, 0.5) is 4.39 Å². The molecule has 1 aromatic heterocycles. The van der Waals surface area contributed by atoms with Crippen LogP contribution in [0.25, 0.3) is 11.1 Å². The highest BCUT2D eigenvalue weighted by Crippen LogP contribution is 2.40. The first-order valence-corrected chi connectivity index (χ1v) is 8.93. The van der Waals surface area contributed by atoms with Crippen molar-refractivity contribution in [2.75, 3.05) is 20.8 Å². The Morgan fingerprint density at radius 2 is 2.25 bits per heavy atom. The normalized spacial score (nSPS) is 18.9. The molecule has 2 heterocycles. The fraction of sp³-hybridized carbons (Fsp3) is 0.350. The zero-order valence-electron chi connectivity index (χ0n) is 15.8. The Labute approximate surface area is 163 Å². The quantitative estimate of drug-likeness (QED) is 0.468. The van der Waals surface area contributed by atoms with E-state index < -0.39 is 5.82 Å². The van der Waals surface area contributed by atoms with Crippen molar-refractivity contribution in [3.63, 3.8) is 0 Å². The van der Waals surface area contributed by atoms with Crippen LogP contribution < -0.4 is 10.5 Å². The van der Waals surface area contributed by atoms with Gasteiger partial charge in [0, 0.05) is 50.9 Å². The van der Waals surface area contributed by atoms with E-state index in [2.05, 4.69) is 9.98 Å². The molecule has 1 aromatic carbocycles. The van der Waals surface area contributed by atoms with Crippen LogP contribution in [0, 0.1) is 5.82 Å². The number of halogens is 1. The first kappa shape index (κ1) is 19.8. The summed E-state index contributed by atoms with van der Waals surface area (Å²) in [5.41, 5.74) is 8.24. The lowest BCUT2D eigenvalue weighted by molar-refractivity contribution is -0.114. The molecule has 1 aliphatic heterocycles. The van der Waals surface area contributed by atoms with Crippen LogP contribution >= 0.6 is 0 Å². The number of guanidine groups is 1. The molecule has 0 radical (unpaired) electrons. The summed E-state index contributed by atoms with van der Waals surface area (Å²) in [6.07, 6.45) is 4.58. The molecular formula is C20H23FN4O3. The maximum atomic E-state index is 13.6. The molecule has 0 aliphatic carbocycles. The van der Waals surface area contributed by atoms with Gasteiger partial charge in [-0.3, -0.25) is 14.7 Å². The fourth-order valence-electron chi connectivity index (χ4n) is 3.12. The second-order valence-electron chi connectivity index (χ2n) is 6.62. The van der Waals surface area contributed by atoms with Crippen LogP contribution in [0.5, 0.6) is 5.75 Å². The molecule has 2 atom stereocenters. The third-order valence-electron chi connectivity index (χ3n) is 4.64. The SMILES string of the molecule is COCC[C@H]1C[C@@H](N=C(N)N(C)C=O)c2cc(-c3cncc(F)c3)ccc2O1. The Bertz CT molecular complexity index is 874. The smallest absolute Gasteiger partial charge is 0.216 e. The van der Waals surface area contributed by atoms with E-state index in [1.54, 1.807) is 20.4 Å². The van der Waals surface area contributed by atoms with Gasteiger partial charge in [0.25, 0.3) is 0 Å². The topological polar surface area (TPSA) is 90.0 Å². The number of methoxy groups -OCH3 is 1. The van der Waals surface area contributed by atoms with Crippen molar-refractivity contribution >= 4 is 12.4 Å². The van der Waals surface area contributed by atoms with Gasteiger partial charge >= 0.3 is 0 Å². The number of hydrogen-bond acceptors (Lipinski definition) is 5. The molecule has 2 N–H and O–H groups in total. The Kier molecular flexibility index (Phi) is 6.20. The van der Waals surface area contributed by atoms with Crippen molar-refractivity contribution in [2.45, 2.75) is 25.0 Å². The van der Waals surface area contributed by atoms with Gasteiger partial charge in [0.1, 0.15) is 17.7 Å². The molecule has 0 fully saturated rings. The summed E-state index contributed by atoms with van der Waals surface area (Å²) in [5.74, 6) is 0.407. The molecule has 148 valence electrons. The predicted octanol–water partition coefficient (Wildman–Crippen LogP) is 2.52. The molecule has 28 heavy (non-hydrogen) atoms. The lowest BCUT2D eigenvalue weighted by Gasteiger charge is -2.31. The number of carbonyl (C=O) groups excluding carboxylic acids is 1. The number of fused-ring (bicyclic) bond motifs is 1. The third-order valence-corrected chi connectivity index (χ3v) is 4.64. The standard InChI is InChI=1S/C20H23FN4O3/c1-25(12-26)20(22)24-18-9-16(5-6-27-2)28-19-4-3-13(8-17(18)19)14-7-15(21)11-23-10-14/h3-4,7-8,10-12,16,18H,5-6,9H2,1-2H3,(H2,22,24)/t16-,18+/m0/s1. The van der Waals surface area contributed by atoms with Gasteiger partial charge in [-0.1, -0.05) is 6.07 Å². The van der Waals surface area contributed by atoms with Crippen LogP contribution in [0.1, 0.15) is 24.4 Å². The Hall–Kier alpha value is -3.00. The van der Waals surface area contributed by atoms with Crippen molar-refractivity contribution < 1.29 is 18.7 Å². The molecule has 0 saturated heterocycles. The molecule has 8 heteroatoms.